The molecule has 0 saturated heterocycles. The Morgan fingerprint density at radius 1 is 1.17 bits per heavy atom. The van der Waals surface area contributed by atoms with Gasteiger partial charge in [-0.3, -0.25) is 0 Å². The van der Waals surface area contributed by atoms with E-state index in [1.165, 1.54) is 16.5 Å². The van der Waals surface area contributed by atoms with Gasteiger partial charge in [0.25, 0.3) is 0 Å². The Hall–Kier alpha value is -1.80. The predicted molar refractivity (Wildman–Crippen MR) is 75.1 cm³/mol. The molecule has 90 valence electrons. The molecule has 1 unspecified atom stereocenters. The van der Waals surface area contributed by atoms with Gasteiger partial charge in [-0.05, 0) is 35.4 Å². The minimum Gasteiger partial charge on any atom is -0.346 e. The van der Waals surface area contributed by atoms with Crippen LogP contribution >= 0.6 is 11.6 Å². The highest BCUT2D eigenvalue weighted by molar-refractivity contribution is 6.30. The van der Waals surface area contributed by atoms with E-state index in [2.05, 4.69) is 35.1 Å². The van der Waals surface area contributed by atoms with E-state index in [4.69, 9.17) is 11.6 Å². The maximum absolute atomic E-state index is 5.92. The zero-order chi connectivity index (χ0) is 12.5. The summed E-state index contributed by atoms with van der Waals surface area (Å²) in [7, 11) is 0. The third kappa shape index (κ3) is 1.89. The second-order valence-corrected chi connectivity index (χ2v) is 4.85. The van der Waals surface area contributed by atoms with Gasteiger partial charge in [0.05, 0.1) is 0 Å². The largest absolute Gasteiger partial charge is 0.346 e. The van der Waals surface area contributed by atoms with Crippen LogP contribution in [0.15, 0.2) is 48.8 Å². The van der Waals surface area contributed by atoms with Crippen molar-refractivity contribution in [1.82, 2.24) is 9.97 Å². The standard InChI is InChI=1S/C15H13ClN2/c1-10(11-4-6-12(16)7-5-11)14-9-18-15-13(14)3-2-8-17-15/h2-10H,1H3,(H,17,18). The van der Waals surface area contributed by atoms with Crippen LogP contribution < -0.4 is 0 Å². The Bertz CT molecular complexity index is 670. The van der Waals surface area contributed by atoms with Crippen molar-refractivity contribution >= 4 is 22.6 Å². The Morgan fingerprint density at radius 3 is 2.72 bits per heavy atom. The van der Waals surface area contributed by atoms with Crippen molar-refractivity contribution < 1.29 is 0 Å². The second kappa shape index (κ2) is 4.46. The lowest BCUT2D eigenvalue weighted by Crippen LogP contribution is -1.94. The minimum atomic E-state index is 0.320. The lowest BCUT2D eigenvalue weighted by molar-refractivity contribution is 0.932. The molecule has 3 aromatic rings. The highest BCUT2D eigenvalue weighted by Gasteiger charge is 2.13. The van der Waals surface area contributed by atoms with Crippen LogP contribution in [0.5, 0.6) is 0 Å². The molecular formula is C15H13ClN2. The Morgan fingerprint density at radius 2 is 1.94 bits per heavy atom. The lowest BCUT2D eigenvalue weighted by atomic mass is 9.93. The molecule has 3 heteroatoms. The Kier molecular flexibility index (Phi) is 2.80. The zero-order valence-electron chi connectivity index (χ0n) is 10.0. The predicted octanol–water partition coefficient (Wildman–Crippen LogP) is 4.37. The first-order chi connectivity index (χ1) is 8.75. The molecule has 2 heterocycles. The van der Waals surface area contributed by atoms with Crippen molar-refractivity contribution in [2.45, 2.75) is 12.8 Å². The van der Waals surface area contributed by atoms with Gasteiger partial charge in [-0.15, -0.1) is 0 Å². The van der Waals surface area contributed by atoms with E-state index in [0.717, 1.165) is 10.7 Å². The number of aromatic amines is 1. The summed E-state index contributed by atoms with van der Waals surface area (Å²) in [6, 6.07) is 12.1. The number of hydrogen-bond acceptors (Lipinski definition) is 1. The maximum atomic E-state index is 5.92. The lowest BCUT2D eigenvalue weighted by Gasteiger charge is -2.11. The normalized spacial score (nSPS) is 12.8. The number of fused-ring (bicyclic) bond motifs is 1. The van der Waals surface area contributed by atoms with E-state index in [1.54, 1.807) is 6.20 Å². The molecule has 1 atom stereocenters. The second-order valence-electron chi connectivity index (χ2n) is 4.42. The SMILES string of the molecule is CC(c1ccc(Cl)cc1)c1c[nH]c2ncccc12. The molecule has 2 aromatic heterocycles. The van der Waals surface area contributed by atoms with Crippen molar-refractivity contribution in [2.24, 2.45) is 0 Å². The Labute approximate surface area is 111 Å². The van der Waals surface area contributed by atoms with E-state index >= 15 is 0 Å². The van der Waals surface area contributed by atoms with Crippen LogP contribution in [0, 0.1) is 0 Å². The van der Waals surface area contributed by atoms with Gasteiger partial charge in [0, 0.05) is 28.7 Å². The van der Waals surface area contributed by atoms with E-state index in [1.807, 2.05) is 24.4 Å². The third-order valence-electron chi connectivity index (χ3n) is 3.32. The molecule has 1 aromatic carbocycles. The summed E-state index contributed by atoms with van der Waals surface area (Å²) < 4.78 is 0. The van der Waals surface area contributed by atoms with Crippen molar-refractivity contribution in [1.29, 1.82) is 0 Å². The van der Waals surface area contributed by atoms with Crippen molar-refractivity contribution in [3.63, 3.8) is 0 Å². The molecule has 18 heavy (non-hydrogen) atoms. The minimum absolute atomic E-state index is 0.320. The Balaban J connectivity index is 2.06. The van der Waals surface area contributed by atoms with Crippen LogP contribution in [-0.2, 0) is 0 Å². The van der Waals surface area contributed by atoms with Gasteiger partial charge in [-0.25, -0.2) is 4.98 Å². The highest BCUT2D eigenvalue weighted by Crippen LogP contribution is 2.30. The average Bonchev–Trinajstić information content (AvgIpc) is 2.82. The number of halogens is 1. The number of nitrogens with zero attached hydrogens (tertiary/aromatic N) is 1. The molecule has 0 radical (unpaired) electrons. The van der Waals surface area contributed by atoms with Crippen LogP contribution in [0.2, 0.25) is 5.02 Å². The van der Waals surface area contributed by atoms with E-state index < -0.39 is 0 Å². The molecule has 2 nitrogen and oxygen atoms in total. The van der Waals surface area contributed by atoms with Crippen LogP contribution in [0.25, 0.3) is 11.0 Å². The summed E-state index contributed by atoms with van der Waals surface area (Å²) in [4.78, 5) is 7.53. The first kappa shape index (κ1) is 11.3. The fourth-order valence-electron chi connectivity index (χ4n) is 2.27. The number of hydrogen-bond donors (Lipinski definition) is 1. The summed E-state index contributed by atoms with van der Waals surface area (Å²) in [6.45, 7) is 2.19. The number of benzene rings is 1. The summed E-state index contributed by atoms with van der Waals surface area (Å²) in [5, 5.41) is 1.95. The fourth-order valence-corrected chi connectivity index (χ4v) is 2.39. The van der Waals surface area contributed by atoms with Crippen molar-refractivity contribution in [3.05, 3.63) is 64.9 Å². The summed E-state index contributed by atoms with van der Waals surface area (Å²) >= 11 is 5.92. The smallest absolute Gasteiger partial charge is 0.137 e. The molecule has 3 rings (SSSR count). The number of H-pyrrole nitrogens is 1. The highest BCUT2D eigenvalue weighted by atomic mass is 35.5. The first-order valence-corrected chi connectivity index (χ1v) is 6.31. The number of rotatable bonds is 2. The molecule has 0 fully saturated rings. The molecule has 0 aliphatic heterocycles. The van der Waals surface area contributed by atoms with Crippen LogP contribution in [0.4, 0.5) is 0 Å². The van der Waals surface area contributed by atoms with Gasteiger partial charge in [0.1, 0.15) is 5.65 Å². The van der Waals surface area contributed by atoms with E-state index in [-0.39, 0.29) is 0 Å². The van der Waals surface area contributed by atoms with Crippen molar-refractivity contribution in [2.75, 3.05) is 0 Å². The molecule has 1 N–H and O–H groups in total. The van der Waals surface area contributed by atoms with Gasteiger partial charge in [0.15, 0.2) is 0 Å². The number of nitrogens with one attached hydrogen (secondary N) is 1. The average molecular weight is 257 g/mol. The molecule has 0 amide bonds. The van der Waals surface area contributed by atoms with Gasteiger partial charge in [-0.1, -0.05) is 30.7 Å². The van der Waals surface area contributed by atoms with Gasteiger partial charge >= 0.3 is 0 Å². The van der Waals surface area contributed by atoms with Crippen molar-refractivity contribution in [3.8, 4) is 0 Å². The topological polar surface area (TPSA) is 28.7 Å². The number of aromatic nitrogens is 2. The fraction of sp³-hybridized carbons (Fsp3) is 0.133. The zero-order valence-corrected chi connectivity index (χ0v) is 10.8. The quantitative estimate of drug-likeness (QED) is 0.725. The summed E-state index contributed by atoms with van der Waals surface area (Å²) in [5.74, 6) is 0.320. The first-order valence-electron chi connectivity index (χ1n) is 5.93. The summed E-state index contributed by atoms with van der Waals surface area (Å²) in [6.07, 6.45) is 3.84. The van der Waals surface area contributed by atoms with E-state index in [0.29, 0.717) is 5.92 Å². The number of pyridine rings is 1. The maximum Gasteiger partial charge on any atom is 0.137 e. The van der Waals surface area contributed by atoms with Crippen LogP contribution in [-0.4, -0.2) is 9.97 Å². The monoisotopic (exact) mass is 256 g/mol. The van der Waals surface area contributed by atoms with Gasteiger partial charge in [0.2, 0.25) is 0 Å². The molecular weight excluding hydrogens is 244 g/mol. The molecule has 0 aliphatic carbocycles. The molecule has 0 saturated carbocycles. The van der Waals surface area contributed by atoms with Crippen LogP contribution in [0.1, 0.15) is 24.0 Å². The van der Waals surface area contributed by atoms with Gasteiger partial charge in [-0.2, -0.15) is 0 Å². The molecule has 0 bridgehead atoms. The van der Waals surface area contributed by atoms with Gasteiger partial charge < -0.3 is 4.98 Å². The van der Waals surface area contributed by atoms with E-state index in [9.17, 15) is 0 Å². The van der Waals surface area contributed by atoms with Crippen LogP contribution in [0.3, 0.4) is 0 Å². The summed E-state index contributed by atoms with van der Waals surface area (Å²) in [5.41, 5.74) is 3.46. The molecule has 0 aliphatic rings. The molecule has 0 spiro atoms. The third-order valence-corrected chi connectivity index (χ3v) is 3.57.